The molecule has 0 heterocycles. The highest BCUT2D eigenvalue weighted by Gasteiger charge is 2.38. The smallest absolute Gasteiger partial charge is 0.130 e. The fraction of sp³-hybridized carbons (Fsp3) is 0.267. The third-order valence-electron chi connectivity index (χ3n) is 3.80. The van der Waals surface area contributed by atoms with Gasteiger partial charge in [0.2, 0.25) is 0 Å². The third kappa shape index (κ3) is 1.28. The van der Waals surface area contributed by atoms with Crippen LogP contribution < -0.4 is 0 Å². The van der Waals surface area contributed by atoms with Crippen molar-refractivity contribution in [3.8, 4) is 0 Å². The molecule has 1 saturated carbocycles. The Balaban J connectivity index is 2.14. The van der Waals surface area contributed by atoms with Crippen molar-refractivity contribution in [3.63, 3.8) is 0 Å². The second kappa shape index (κ2) is 3.44. The van der Waals surface area contributed by atoms with Crippen LogP contribution in [-0.2, 0) is 10.2 Å². The predicted octanol–water partition coefficient (Wildman–Crippen LogP) is 3.46. The molecule has 0 bridgehead atoms. The van der Waals surface area contributed by atoms with Crippen LogP contribution in [0, 0.1) is 0 Å². The van der Waals surface area contributed by atoms with Crippen molar-refractivity contribution in [3.05, 3.63) is 48.0 Å². The highest BCUT2D eigenvalue weighted by molar-refractivity contribution is 5.85. The fourth-order valence-corrected chi connectivity index (χ4v) is 2.53. The van der Waals surface area contributed by atoms with E-state index in [1.54, 1.807) is 0 Å². The van der Waals surface area contributed by atoms with E-state index in [1.807, 2.05) is 12.1 Å². The van der Waals surface area contributed by atoms with Crippen LogP contribution in [0.15, 0.2) is 42.5 Å². The molecule has 0 aliphatic heterocycles. The van der Waals surface area contributed by atoms with Gasteiger partial charge in [-0.1, -0.05) is 48.9 Å². The van der Waals surface area contributed by atoms with Crippen molar-refractivity contribution in [2.45, 2.75) is 24.7 Å². The van der Waals surface area contributed by atoms with Crippen LogP contribution in [0.3, 0.4) is 0 Å². The molecule has 0 atom stereocenters. The number of carbonyl (C=O) groups excluding carboxylic acids is 1. The molecule has 0 radical (unpaired) electrons. The standard InChI is InChI=1S/C15H14O/c16-11-15(8-3-9-15)14-7-6-12-4-1-2-5-13(12)10-14/h1-2,4-7,10-11H,3,8-9H2. The van der Waals surface area contributed by atoms with Gasteiger partial charge in [-0.05, 0) is 29.2 Å². The van der Waals surface area contributed by atoms with Gasteiger partial charge in [0.15, 0.2) is 0 Å². The molecule has 3 rings (SSSR count). The number of aldehydes is 1. The first-order valence-electron chi connectivity index (χ1n) is 5.80. The second-order valence-electron chi connectivity index (χ2n) is 4.69. The zero-order chi connectivity index (χ0) is 11.0. The summed E-state index contributed by atoms with van der Waals surface area (Å²) in [5.41, 5.74) is 1.01. The molecule has 1 heteroatoms. The van der Waals surface area contributed by atoms with E-state index in [9.17, 15) is 4.79 Å². The largest absolute Gasteiger partial charge is 0.302 e. The van der Waals surface area contributed by atoms with Crippen LogP contribution in [0.1, 0.15) is 24.8 Å². The van der Waals surface area contributed by atoms with E-state index < -0.39 is 0 Å². The maximum absolute atomic E-state index is 11.2. The lowest BCUT2D eigenvalue weighted by Crippen LogP contribution is -2.35. The summed E-state index contributed by atoms with van der Waals surface area (Å²) in [6.45, 7) is 0. The van der Waals surface area contributed by atoms with Gasteiger partial charge in [-0.15, -0.1) is 0 Å². The van der Waals surface area contributed by atoms with Crippen LogP contribution in [0.25, 0.3) is 10.8 Å². The van der Waals surface area contributed by atoms with Gasteiger partial charge in [0.25, 0.3) is 0 Å². The van der Waals surface area contributed by atoms with E-state index in [4.69, 9.17) is 0 Å². The zero-order valence-electron chi connectivity index (χ0n) is 9.15. The predicted molar refractivity (Wildman–Crippen MR) is 65.5 cm³/mol. The molecule has 0 saturated heterocycles. The molecule has 0 spiro atoms. The maximum atomic E-state index is 11.2. The van der Waals surface area contributed by atoms with Crippen LogP contribution in [0.4, 0.5) is 0 Å². The van der Waals surface area contributed by atoms with Crippen molar-refractivity contribution in [2.75, 3.05) is 0 Å². The first-order valence-corrected chi connectivity index (χ1v) is 5.80. The van der Waals surface area contributed by atoms with Gasteiger partial charge >= 0.3 is 0 Å². The molecule has 1 fully saturated rings. The normalized spacial score (nSPS) is 18.0. The minimum atomic E-state index is -0.177. The van der Waals surface area contributed by atoms with E-state index in [0.717, 1.165) is 19.1 Å². The summed E-state index contributed by atoms with van der Waals surface area (Å²) in [6.07, 6.45) is 4.33. The van der Waals surface area contributed by atoms with E-state index in [0.29, 0.717) is 0 Å². The van der Waals surface area contributed by atoms with Gasteiger partial charge in [-0.2, -0.15) is 0 Å². The zero-order valence-corrected chi connectivity index (χ0v) is 9.15. The van der Waals surface area contributed by atoms with Crippen molar-refractivity contribution >= 4 is 17.1 Å². The molecule has 1 aliphatic carbocycles. The highest BCUT2D eigenvalue weighted by Crippen LogP contribution is 2.42. The quantitative estimate of drug-likeness (QED) is 0.694. The Labute approximate surface area is 95.1 Å². The average Bonchev–Trinajstić information content (AvgIpc) is 2.28. The topological polar surface area (TPSA) is 17.1 Å². The Morgan fingerprint density at radius 2 is 1.75 bits per heavy atom. The van der Waals surface area contributed by atoms with Gasteiger partial charge in [0.1, 0.15) is 6.29 Å². The molecular weight excluding hydrogens is 196 g/mol. The van der Waals surface area contributed by atoms with Gasteiger partial charge in [-0.3, -0.25) is 0 Å². The Bertz CT molecular complexity index is 538. The maximum Gasteiger partial charge on any atom is 0.130 e. The highest BCUT2D eigenvalue weighted by atomic mass is 16.1. The summed E-state index contributed by atoms with van der Waals surface area (Å²) >= 11 is 0. The Morgan fingerprint density at radius 1 is 1.00 bits per heavy atom. The molecule has 80 valence electrons. The van der Waals surface area contributed by atoms with Crippen LogP contribution in [0.2, 0.25) is 0 Å². The summed E-state index contributed by atoms with van der Waals surface area (Å²) in [4.78, 5) is 11.2. The van der Waals surface area contributed by atoms with Crippen molar-refractivity contribution < 1.29 is 4.79 Å². The van der Waals surface area contributed by atoms with Crippen molar-refractivity contribution in [1.29, 1.82) is 0 Å². The summed E-state index contributed by atoms with van der Waals surface area (Å²) < 4.78 is 0. The number of rotatable bonds is 2. The van der Waals surface area contributed by atoms with Gasteiger partial charge in [0, 0.05) is 0 Å². The number of fused-ring (bicyclic) bond motifs is 1. The van der Waals surface area contributed by atoms with Crippen LogP contribution in [-0.4, -0.2) is 6.29 Å². The SMILES string of the molecule is O=CC1(c2ccc3ccccc3c2)CCC1. The van der Waals surface area contributed by atoms with Crippen LogP contribution >= 0.6 is 0 Å². The summed E-state index contributed by atoms with van der Waals surface area (Å²) in [5.74, 6) is 0. The third-order valence-corrected chi connectivity index (χ3v) is 3.80. The van der Waals surface area contributed by atoms with E-state index >= 15 is 0 Å². The Hall–Kier alpha value is -1.63. The van der Waals surface area contributed by atoms with Gasteiger partial charge in [-0.25, -0.2) is 0 Å². The molecule has 0 aromatic heterocycles. The van der Waals surface area contributed by atoms with Crippen molar-refractivity contribution in [2.24, 2.45) is 0 Å². The lowest BCUT2D eigenvalue weighted by molar-refractivity contribution is -0.115. The average molecular weight is 210 g/mol. The van der Waals surface area contributed by atoms with E-state index in [2.05, 4.69) is 30.3 Å². The molecule has 2 aromatic carbocycles. The molecule has 16 heavy (non-hydrogen) atoms. The number of hydrogen-bond donors (Lipinski definition) is 0. The summed E-state index contributed by atoms with van der Waals surface area (Å²) in [7, 11) is 0. The molecular formula is C15H14O. The van der Waals surface area contributed by atoms with Gasteiger partial charge < -0.3 is 4.79 Å². The molecule has 0 unspecified atom stereocenters. The number of carbonyl (C=O) groups is 1. The number of benzene rings is 2. The Morgan fingerprint density at radius 3 is 2.38 bits per heavy atom. The summed E-state index contributed by atoms with van der Waals surface area (Å²) in [6, 6.07) is 14.7. The molecule has 1 aliphatic rings. The minimum Gasteiger partial charge on any atom is -0.302 e. The van der Waals surface area contributed by atoms with E-state index in [-0.39, 0.29) is 5.41 Å². The number of hydrogen-bond acceptors (Lipinski definition) is 1. The first-order chi connectivity index (χ1) is 7.84. The minimum absolute atomic E-state index is 0.177. The fourth-order valence-electron chi connectivity index (χ4n) is 2.53. The molecule has 1 nitrogen and oxygen atoms in total. The lowest BCUT2D eigenvalue weighted by Gasteiger charge is -2.37. The second-order valence-corrected chi connectivity index (χ2v) is 4.69. The monoisotopic (exact) mass is 210 g/mol. The summed E-state index contributed by atoms with van der Waals surface area (Å²) in [5, 5.41) is 2.47. The van der Waals surface area contributed by atoms with Crippen LogP contribution in [0.5, 0.6) is 0 Å². The molecule has 0 N–H and O–H groups in total. The Kier molecular flexibility index (Phi) is 2.06. The van der Waals surface area contributed by atoms with E-state index in [1.165, 1.54) is 22.8 Å². The first kappa shape index (κ1) is 9.59. The molecule has 2 aromatic rings. The van der Waals surface area contributed by atoms with Crippen molar-refractivity contribution in [1.82, 2.24) is 0 Å². The van der Waals surface area contributed by atoms with Gasteiger partial charge in [0.05, 0.1) is 5.41 Å². The molecule has 0 amide bonds. The lowest BCUT2D eigenvalue weighted by atomic mass is 9.65.